The molecule has 2 aliphatic heterocycles. The van der Waals surface area contributed by atoms with E-state index in [9.17, 15) is 0 Å². The molecule has 0 bridgehead atoms. The van der Waals surface area contributed by atoms with Gasteiger partial charge in [0.25, 0.3) is 0 Å². The third kappa shape index (κ3) is 0.956. The average Bonchev–Trinajstić information content (AvgIpc) is 2.37. The fraction of sp³-hybridized carbons (Fsp3) is 1.00. The summed E-state index contributed by atoms with van der Waals surface area (Å²) in [4.78, 5) is 2.48. The summed E-state index contributed by atoms with van der Waals surface area (Å²) in [5.74, 6) is 0.957. The van der Waals surface area contributed by atoms with Crippen LogP contribution in [0.4, 0.5) is 0 Å². The molecule has 2 saturated heterocycles. The smallest absolute Gasteiger partial charge is 0.0145 e. The van der Waals surface area contributed by atoms with E-state index in [1.54, 1.807) is 0 Å². The number of likely N-dealkylation sites (tertiary alicyclic amines) is 1. The first kappa shape index (κ1) is 6.62. The quantitative estimate of drug-likeness (QED) is 0.563. The summed E-state index contributed by atoms with van der Waals surface area (Å²) in [6.07, 6.45) is 2.83. The van der Waals surface area contributed by atoms with Crippen molar-refractivity contribution in [1.82, 2.24) is 10.2 Å². The summed E-state index contributed by atoms with van der Waals surface area (Å²) >= 11 is 0. The molecule has 58 valence electrons. The lowest BCUT2D eigenvalue weighted by molar-refractivity contribution is 0.0802. The van der Waals surface area contributed by atoms with Gasteiger partial charge in [0.05, 0.1) is 0 Å². The van der Waals surface area contributed by atoms with E-state index in [2.05, 4.69) is 17.3 Å². The lowest BCUT2D eigenvalue weighted by Crippen LogP contribution is -2.49. The molecular weight excluding hydrogens is 124 g/mol. The van der Waals surface area contributed by atoms with Crippen molar-refractivity contribution in [1.29, 1.82) is 0 Å². The number of hydrogen-bond donors (Lipinski definition) is 1. The van der Waals surface area contributed by atoms with Crippen LogP contribution in [0.3, 0.4) is 0 Å². The molecule has 2 heteroatoms. The molecule has 2 fully saturated rings. The second-order valence-corrected chi connectivity index (χ2v) is 3.59. The molecule has 0 aliphatic carbocycles. The predicted molar refractivity (Wildman–Crippen MR) is 42.0 cm³/mol. The molecule has 2 rings (SSSR count). The Morgan fingerprint density at radius 3 is 2.70 bits per heavy atom. The standard InChI is InChI=1S/C8H16N2/c1-10-5-3-8(10)7-2-4-9-6-7/h7-9H,2-6H2,1H3. The van der Waals surface area contributed by atoms with Gasteiger partial charge in [-0.1, -0.05) is 0 Å². The number of nitrogens with one attached hydrogen (secondary N) is 1. The summed E-state index contributed by atoms with van der Waals surface area (Å²) in [6.45, 7) is 3.82. The Morgan fingerprint density at radius 1 is 1.40 bits per heavy atom. The van der Waals surface area contributed by atoms with Gasteiger partial charge in [-0.05, 0) is 45.4 Å². The maximum absolute atomic E-state index is 3.42. The molecule has 0 amide bonds. The fourth-order valence-electron chi connectivity index (χ4n) is 2.14. The second-order valence-electron chi connectivity index (χ2n) is 3.59. The highest BCUT2D eigenvalue weighted by molar-refractivity contribution is 4.89. The summed E-state index contributed by atoms with van der Waals surface area (Å²) in [6, 6.07) is 0.912. The van der Waals surface area contributed by atoms with Gasteiger partial charge in [-0.3, -0.25) is 0 Å². The van der Waals surface area contributed by atoms with Crippen molar-refractivity contribution < 1.29 is 0 Å². The zero-order chi connectivity index (χ0) is 6.97. The van der Waals surface area contributed by atoms with Gasteiger partial charge < -0.3 is 10.2 Å². The van der Waals surface area contributed by atoms with Crippen LogP contribution >= 0.6 is 0 Å². The Kier molecular flexibility index (Phi) is 1.66. The minimum Gasteiger partial charge on any atom is -0.316 e. The van der Waals surface area contributed by atoms with Crippen LogP contribution in [0.1, 0.15) is 12.8 Å². The van der Waals surface area contributed by atoms with E-state index in [1.807, 2.05) is 0 Å². The van der Waals surface area contributed by atoms with Crippen molar-refractivity contribution in [3.63, 3.8) is 0 Å². The van der Waals surface area contributed by atoms with E-state index in [1.165, 1.54) is 32.5 Å². The zero-order valence-electron chi connectivity index (χ0n) is 6.64. The highest BCUT2D eigenvalue weighted by Crippen LogP contribution is 2.26. The summed E-state index contributed by atoms with van der Waals surface area (Å²) in [7, 11) is 2.24. The maximum atomic E-state index is 3.42. The normalized spacial score (nSPS) is 41.7. The molecule has 0 aromatic carbocycles. The van der Waals surface area contributed by atoms with Crippen LogP contribution in [0, 0.1) is 5.92 Å². The highest BCUT2D eigenvalue weighted by atomic mass is 15.2. The van der Waals surface area contributed by atoms with Gasteiger partial charge in [-0.15, -0.1) is 0 Å². The summed E-state index contributed by atoms with van der Waals surface area (Å²) in [5, 5.41) is 3.42. The first-order valence-corrected chi connectivity index (χ1v) is 4.29. The molecule has 2 heterocycles. The van der Waals surface area contributed by atoms with E-state index >= 15 is 0 Å². The maximum Gasteiger partial charge on any atom is 0.0145 e. The van der Waals surface area contributed by atoms with Gasteiger partial charge in [0.15, 0.2) is 0 Å². The molecule has 0 aromatic rings. The minimum absolute atomic E-state index is 0.912. The van der Waals surface area contributed by atoms with E-state index in [0.717, 1.165) is 12.0 Å². The summed E-state index contributed by atoms with van der Waals surface area (Å²) < 4.78 is 0. The van der Waals surface area contributed by atoms with Crippen LogP contribution in [0.2, 0.25) is 0 Å². The van der Waals surface area contributed by atoms with Crippen molar-refractivity contribution in [2.75, 3.05) is 26.7 Å². The Labute approximate surface area is 62.6 Å². The van der Waals surface area contributed by atoms with Crippen LogP contribution in [-0.2, 0) is 0 Å². The van der Waals surface area contributed by atoms with Crippen molar-refractivity contribution in [3.05, 3.63) is 0 Å². The third-order valence-electron chi connectivity index (χ3n) is 2.99. The molecule has 2 aliphatic rings. The van der Waals surface area contributed by atoms with Gasteiger partial charge in [0, 0.05) is 6.04 Å². The largest absolute Gasteiger partial charge is 0.316 e. The fourth-order valence-corrected chi connectivity index (χ4v) is 2.14. The van der Waals surface area contributed by atoms with E-state index in [-0.39, 0.29) is 0 Å². The molecular formula is C8H16N2. The molecule has 2 unspecified atom stereocenters. The van der Waals surface area contributed by atoms with Gasteiger partial charge >= 0.3 is 0 Å². The van der Waals surface area contributed by atoms with E-state index in [4.69, 9.17) is 0 Å². The number of rotatable bonds is 1. The molecule has 1 N–H and O–H groups in total. The van der Waals surface area contributed by atoms with Crippen molar-refractivity contribution in [2.24, 2.45) is 5.92 Å². The van der Waals surface area contributed by atoms with Crippen molar-refractivity contribution >= 4 is 0 Å². The van der Waals surface area contributed by atoms with Gasteiger partial charge in [-0.2, -0.15) is 0 Å². The average molecular weight is 140 g/mol. The van der Waals surface area contributed by atoms with Crippen LogP contribution in [0.25, 0.3) is 0 Å². The second kappa shape index (κ2) is 2.51. The molecule has 0 aromatic heterocycles. The third-order valence-corrected chi connectivity index (χ3v) is 2.99. The van der Waals surface area contributed by atoms with Crippen LogP contribution in [-0.4, -0.2) is 37.6 Å². The van der Waals surface area contributed by atoms with E-state index in [0.29, 0.717) is 0 Å². The molecule has 0 spiro atoms. The predicted octanol–water partition coefficient (Wildman–Crippen LogP) is 0.300. The SMILES string of the molecule is CN1CCC1C1CCNC1. The Bertz CT molecular complexity index is 118. The Balaban J connectivity index is 1.86. The lowest BCUT2D eigenvalue weighted by Gasteiger charge is -2.41. The van der Waals surface area contributed by atoms with Gasteiger partial charge in [-0.25, -0.2) is 0 Å². The zero-order valence-corrected chi connectivity index (χ0v) is 6.64. The summed E-state index contributed by atoms with van der Waals surface area (Å²) in [5.41, 5.74) is 0. The molecule has 0 saturated carbocycles. The first-order chi connectivity index (χ1) is 4.88. The van der Waals surface area contributed by atoms with Gasteiger partial charge in [0.1, 0.15) is 0 Å². The van der Waals surface area contributed by atoms with Gasteiger partial charge in [0.2, 0.25) is 0 Å². The van der Waals surface area contributed by atoms with Crippen molar-refractivity contribution in [3.8, 4) is 0 Å². The topological polar surface area (TPSA) is 15.3 Å². The Morgan fingerprint density at radius 2 is 2.30 bits per heavy atom. The Hall–Kier alpha value is -0.0800. The monoisotopic (exact) mass is 140 g/mol. The first-order valence-electron chi connectivity index (χ1n) is 4.29. The molecule has 0 radical (unpaired) electrons. The van der Waals surface area contributed by atoms with E-state index < -0.39 is 0 Å². The number of nitrogens with zero attached hydrogens (tertiary/aromatic N) is 1. The molecule has 2 atom stereocenters. The highest BCUT2D eigenvalue weighted by Gasteiger charge is 2.33. The van der Waals surface area contributed by atoms with Crippen LogP contribution in [0.15, 0.2) is 0 Å². The minimum atomic E-state index is 0.912. The molecule has 2 nitrogen and oxygen atoms in total. The lowest BCUT2D eigenvalue weighted by atomic mass is 9.89. The van der Waals surface area contributed by atoms with Crippen LogP contribution in [0.5, 0.6) is 0 Å². The number of hydrogen-bond acceptors (Lipinski definition) is 2. The van der Waals surface area contributed by atoms with Crippen LogP contribution < -0.4 is 5.32 Å². The van der Waals surface area contributed by atoms with Crippen molar-refractivity contribution in [2.45, 2.75) is 18.9 Å². The molecule has 10 heavy (non-hydrogen) atoms.